The Kier molecular flexibility index (Phi) is 4.89. The SMILES string of the molecule is CCCNc1snnc1CN1C(=O)NC(CCC)C1=O. The van der Waals surface area contributed by atoms with E-state index < -0.39 is 6.04 Å². The normalized spacial score (nSPS) is 18.5. The van der Waals surface area contributed by atoms with E-state index in [4.69, 9.17) is 0 Å². The molecule has 0 radical (unpaired) electrons. The van der Waals surface area contributed by atoms with Gasteiger partial charge >= 0.3 is 6.03 Å². The summed E-state index contributed by atoms with van der Waals surface area (Å²) in [5.74, 6) is -0.175. The molecule has 20 heavy (non-hydrogen) atoms. The van der Waals surface area contributed by atoms with Crippen molar-refractivity contribution < 1.29 is 9.59 Å². The van der Waals surface area contributed by atoms with Gasteiger partial charge in [0.2, 0.25) is 0 Å². The number of carbonyl (C=O) groups is 2. The summed E-state index contributed by atoms with van der Waals surface area (Å²) in [6, 6.07) is -0.742. The molecule has 0 spiro atoms. The summed E-state index contributed by atoms with van der Waals surface area (Å²) < 4.78 is 3.88. The number of nitrogens with zero attached hydrogens (tertiary/aromatic N) is 3. The van der Waals surface area contributed by atoms with E-state index >= 15 is 0 Å². The van der Waals surface area contributed by atoms with Crippen molar-refractivity contribution in [2.24, 2.45) is 0 Å². The lowest BCUT2D eigenvalue weighted by Gasteiger charge is -2.12. The second-order valence-electron chi connectivity index (χ2n) is 4.69. The molecular formula is C12H19N5O2S. The molecule has 3 amide bonds. The Labute approximate surface area is 121 Å². The fourth-order valence-electron chi connectivity index (χ4n) is 2.05. The molecule has 1 unspecified atom stereocenters. The molecule has 7 nitrogen and oxygen atoms in total. The standard InChI is InChI=1S/C12H19N5O2S/c1-3-5-8-11(18)17(12(19)14-8)7-9-10(13-6-4-2)20-16-15-9/h8,13H,3-7H2,1-2H3,(H,14,19). The first-order valence-corrected chi connectivity index (χ1v) is 7.61. The number of nitrogens with one attached hydrogen (secondary N) is 2. The predicted molar refractivity (Wildman–Crippen MR) is 76.5 cm³/mol. The summed E-state index contributed by atoms with van der Waals surface area (Å²) >= 11 is 1.24. The second kappa shape index (κ2) is 6.65. The minimum atomic E-state index is -0.397. The maximum atomic E-state index is 12.1. The number of amides is 3. The van der Waals surface area contributed by atoms with Crippen LogP contribution in [-0.4, -0.2) is 39.0 Å². The van der Waals surface area contributed by atoms with Crippen LogP contribution in [0, 0.1) is 0 Å². The van der Waals surface area contributed by atoms with E-state index in [1.54, 1.807) is 0 Å². The highest BCUT2D eigenvalue weighted by Gasteiger charge is 2.37. The van der Waals surface area contributed by atoms with E-state index in [1.165, 1.54) is 16.4 Å². The van der Waals surface area contributed by atoms with Crippen LogP contribution >= 0.6 is 11.5 Å². The first-order valence-electron chi connectivity index (χ1n) is 6.84. The molecule has 1 aliphatic rings. The van der Waals surface area contributed by atoms with Gasteiger partial charge in [0, 0.05) is 18.1 Å². The van der Waals surface area contributed by atoms with Gasteiger partial charge in [0.1, 0.15) is 16.7 Å². The molecule has 1 aliphatic heterocycles. The van der Waals surface area contributed by atoms with Crippen LogP contribution < -0.4 is 10.6 Å². The van der Waals surface area contributed by atoms with Crippen molar-refractivity contribution in [1.82, 2.24) is 19.8 Å². The molecule has 2 rings (SSSR count). The van der Waals surface area contributed by atoms with Crippen LogP contribution in [0.1, 0.15) is 38.8 Å². The molecule has 0 saturated carbocycles. The minimum Gasteiger partial charge on any atom is -0.374 e. The van der Waals surface area contributed by atoms with E-state index in [0.29, 0.717) is 12.1 Å². The lowest BCUT2D eigenvalue weighted by molar-refractivity contribution is -0.128. The lowest BCUT2D eigenvalue weighted by atomic mass is 10.2. The van der Waals surface area contributed by atoms with Gasteiger partial charge in [-0.2, -0.15) is 0 Å². The smallest absolute Gasteiger partial charge is 0.325 e. The van der Waals surface area contributed by atoms with Gasteiger partial charge in [-0.1, -0.05) is 24.8 Å². The maximum Gasteiger partial charge on any atom is 0.325 e. The van der Waals surface area contributed by atoms with Crippen LogP contribution in [0.25, 0.3) is 0 Å². The maximum absolute atomic E-state index is 12.1. The Morgan fingerprint density at radius 2 is 2.15 bits per heavy atom. The van der Waals surface area contributed by atoms with Crippen molar-refractivity contribution in [2.45, 2.75) is 45.7 Å². The molecular weight excluding hydrogens is 278 g/mol. The van der Waals surface area contributed by atoms with Crippen LogP contribution in [0.5, 0.6) is 0 Å². The molecule has 1 aromatic heterocycles. The largest absolute Gasteiger partial charge is 0.374 e. The summed E-state index contributed by atoms with van der Waals surface area (Å²) in [7, 11) is 0. The van der Waals surface area contributed by atoms with Crippen LogP contribution in [-0.2, 0) is 11.3 Å². The van der Waals surface area contributed by atoms with Crippen LogP contribution in [0.15, 0.2) is 0 Å². The monoisotopic (exact) mass is 297 g/mol. The number of aromatic nitrogens is 2. The number of anilines is 1. The van der Waals surface area contributed by atoms with Crippen molar-refractivity contribution in [3.05, 3.63) is 5.69 Å². The highest BCUT2D eigenvalue weighted by molar-refractivity contribution is 7.10. The quantitative estimate of drug-likeness (QED) is 0.746. The molecule has 0 bridgehead atoms. The second-order valence-corrected chi connectivity index (χ2v) is 5.44. The molecule has 1 aromatic rings. The highest BCUT2D eigenvalue weighted by Crippen LogP contribution is 2.21. The van der Waals surface area contributed by atoms with Gasteiger partial charge in [0.05, 0.1) is 6.54 Å². The summed E-state index contributed by atoms with van der Waals surface area (Å²) in [6.07, 6.45) is 2.50. The molecule has 8 heteroatoms. The van der Waals surface area contributed by atoms with Gasteiger partial charge in [-0.15, -0.1) is 5.10 Å². The molecule has 1 fully saturated rings. The van der Waals surface area contributed by atoms with Crippen LogP contribution in [0.3, 0.4) is 0 Å². The third-order valence-electron chi connectivity index (χ3n) is 3.08. The zero-order valence-corrected chi connectivity index (χ0v) is 12.5. The highest BCUT2D eigenvalue weighted by atomic mass is 32.1. The first kappa shape index (κ1) is 14.7. The average molecular weight is 297 g/mol. The van der Waals surface area contributed by atoms with Gasteiger partial charge in [-0.05, 0) is 12.8 Å². The van der Waals surface area contributed by atoms with Gasteiger partial charge in [-0.3, -0.25) is 9.69 Å². The number of imide groups is 1. The van der Waals surface area contributed by atoms with Gasteiger partial charge in [0.15, 0.2) is 0 Å². The van der Waals surface area contributed by atoms with E-state index in [9.17, 15) is 9.59 Å². The molecule has 2 heterocycles. The fraction of sp³-hybridized carbons (Fsp3) is 0.667. The minimum absolute atomic E-state index is 0.174. The number of rotatable bonds is 7. The van der Waals surface area contributed by atoms with E-state index in [0.717, 1.165) is 24.4 Å². The summed E-state index contributed by atoms with van der Waals surface area (Å²) in [5.41, 5.74) is 0.643. The Hall–Kier alpha value is -1.70. The van der Waals surface area contributed by atoms with Crippen molar-refractivity contribution in [3.8, 4) is 0 Å². The zero-order chi connectivity index (χ0) is 14.5. The van der Waals surface area contributed by atoms with Gasteiger partial charge in [-0.25, -0.2) is 4.79 Å². The zero-order valence-electron chi connectivity index (χ0n) is 11.7. The molecule has 0 aromatic carbocycles. The van der Waals surface area contributed by atoms with Crippen molar-refractivity contribution >= 4 is 28.5 Å². The lowest BCUT2D eigenvalue weighted by Crippen LogP contribution is -2.31. The number of hydrogen-bond donors (Lipinski definition) is 2. The third-order valence-corrected chi connectivity index (χ3v) is 3.81. The summed E-state index contributed by atoms with van der Waals surface area (Å²) in [4.78, 5) is 25.2. The number of carbonyl (C=O) groups excluding carboxylic acids is 2. The Balaban J connectivity index is 2.04. The molecule has 110 valence electrons. The number of hydrogen-bond acceptors (Lipinski definition) is 6. The average Bonchev–Trinajstić information content (AvgIpc) is 2.97. The third kappa shape index (κ3) is 3.06. The number of urea groups is 1. The Morgan fingerprint density at radius 1 is 1.35 bits per heavy atom. The summed E-state index contributed by atoms with van der Waals surface area (Å²) in [5, 5.41) is 10.7. The van der Waals surface area contributed by atoms with Crippen molar-refractivity contribution in [2.75, 3.05) is 11.9 Å². The predicted octanol–water partition coefficient (Wildman–Crippen LogP) is 1.58. The first-order chi connectivity index (χ1) is 9.67. The van der Waals surface area contributed by atoms with E-state index in [1.807, 2.05) is 6.92 Å². The topological polar surface area (TPSA) is 87.2 Å². The molecule has 2 N–H and O–H groups in total. The van der Waals surface area contributed by atoms with Gasteiger partial charge < -0.3 is 10.6 Å². The molecule has 1 saturated heterocycles. The van der Waals surface area contributed by atoms with Crippen molar-refractivity contribution in [1.29, 1.82) is 0 Å². The van der Waals surface area contributed by atoms with E-state index in [-0.39, 0.29) is 18.5 Å². The molecule has 0 aliphatic carbocycles. The van der Waals surface area contributed by atoms with E-state index in [2.05, 4.69) is 27.1 Å². The van der Waals surface area contributed by atoms with Crippen LogP contribution in [0.2, 0.25) is 0 Å². The Bertz CT molecular complexity index is 490. The molecule has 1 atom stereocenters. The van der Waals surface area contributed by atoms with Crippen LogP contribution in [0.4, 0.5) is 9.80 Å². The van der Waals surface area contributed by atoms with Crippen molar-refractivity contribution in [3.63, 3.8) is 0 Å². The van der Waals surface area contributed by atoms with Gasteiger partial charge in [0.25, 0.3) is 5.91 Å². The Morgan fingerprint density at radius 3 is 2.85 bits per heavy atom. The fourth-order valence-corrected chi connectivity index (χ4v) is 2.64. The summed E-state index contributed by atoms with van der Waals surface area (Å²) in [6.45, 7) is 5.04.